The van der Waals surface area contributed by atoms with Crippen LogP contribution in [-0.4, -0.2) is 29.4 Å². The Morgan fingerprint density at radius 3 is 2.47 bits per heavy atom. The summed E-state index contributed by atoms with van der Waals surface area (Å²) < 4.78 is 6.52. The molecule has 0 spiro atoms. The second kappa shape index (κ2) is 6.02. The molecular weight excluding hydrogens is 246 g/mol. The number of hydrogen-bond donors (Lipinski definition) is 1. The molecule has 0 saturated carbocycles. The zero-order valence-corrected chi connectivity index (χ0v) is 11.9. The van der Waals surface area contributed by atoms with Crippen LogP contribution in [0.15, 0.2) is 16.9 Å². The van der Waals surface area contributed by atoms with Gasteiger partial charge in [-0.3, -0.25) is 4.79 Å². The summed E-state index contributed by atoms with van der Waals surface area (Å²) in [7, 11) is 1.60. The van der Waals surface area contributed by atoms with Crippen LogP contribution in [0.2, 0.25) is 0 Å². The van der Waals surface area contributed by atoms with Gasteiger partial charge < -0.3 is 14.4 Å². The van der Waals surface area contributed by atoms with Crippen LogP contribution in [0, 0.1) is 0 Å². The molecule has 1 N–H and O–H groups in total. The molecule has 0 aliphatic heterocycles. The first kappa shape index (κ1) is 15.4. The molecule has 0 aliphatic carbocycles. The number of hydrogen-bond acceptors (Lipinski definition) is 3. The molecule has 19 heavy (non-hydrogen) atoms. The fourth-order valence-electron chi connectivity index (χ4n) is 1.98. The van der Waals surface area contributed by atoms with Gasteiger partial charge in [-0.15, -0.1) is 0 Å². The van der Waals surface area contributed by atoms with E-state index in [-0.39, 0.29) is 11.0 Å². The summed E-state index contributed by atoms with van der Waals surface area (Å²) in [6.45, 7) is 6.98. The Labute approximate surface area is 112 Å². The van der Waals surface area contributed by atoms with E-state index in [1.54, 1.807) is 17.7 Å². The van der Waals surface area contributed by atoms with Crippen LogP contribution in [0.5, 0.6) is 0 Å². The van der Waals surface area contributed by atoms with Crippen molar-refractivity contribution in [1.29, 1.82) is 0 Å². The quantitative estimate of drug-likeness (QED) is 0.827. The molecule has 1 aromatic heterocycles. The molecule has 1 rings (SSSR count). The van der Waals surface area contributed by atoms with Crippen molar-refractivity contribution >= 4 is 5.97 Å². The topological polar surface area (TPSA) is 68.5 Å². The molecule has 0 aromatic carbocycles. The van der Waals surface area contributed by atoms with Gasteiger partial charge in [-0.25, -0.2) is 4.79 Å². The van der Waals surface area contributed by atoms with Crippen molar-refractivity contribution < 1.29 is 14.6 Å². The van der Waals surface area contributed by atoms with Gasteiger partial charge in [0.1, 0.15) is 5.56 Å². The van der Waals surface area contributed by atoms with E-state index in [1.165, 1.54) is 6.07 Å². The SMILES string of the molecule is COCCCn1c(C(C)(C)C)ccc(C(=O)O)c1=O. The first-order chi connectivity index (χ1) is 8.79. The number of nitrogens with zero attached hydrogens (tertiary/aromatic N) is 1. The van der Waals surface area contributed by atoms with Crippen molar-refractivity contribution in [2.75, 3.05) is 13.7 Å². The first-order valence-electron chi connectivity index (χ1n) is 6.25. The van der Waals surface area contributed by atoms with E-state index in [1.807, 2.05) is 20.8 Å². The summed E-state index contributed by atoms with van der Waals surface area (Å²) in [6.07, 6.45) is 0.669. The zero-order chi connectivity index (χ0) is 14.6. The van der Waals surface area contributed by atoms with E-state index in [0.29, 0.717) is 19.6 Å². The van der Waals surface area contributed by atoms with Crippen LogP contribution < -0.4 is 5.56 Å². The Hall–Kier alpha value is -1.62. The number of ether oxygens (including phenoxy) is 1. The average Bonchev–Trinajstić information content (AvgIpc) is 2.29. The molecule has 5 nitrogen and oxygen atoms in total. The molecule has 0 radical (unpaired) electrons. The highest BCUT2D eigenvalue weighted by Gasteiger charge is 2.21. The molecular formula is C14H21NO4. The van der Waals surface area contributed by atoms with Crippen LogP contribution in [0.25, 0.3) is 0 Å². The van der Waals surface area contributed by atoms with Gasteiger partial charge in [-0.2, -0.15) is 0 Å². The van der Waals surface area contributed by atoms with Crippen LogP contribution in [0.3, 0.4) is 0 Å². The summed E-state index contributed by atoms with van der Waals surface area (Å²) >= 11 is 0. The highest BCUT2D eigenvalue weighted by molar-refractivity contribution is 5.87. The van der Waals surface area contributed by atoms with Crippen molar-refractivity contribution in [3.8, 4) is 0 Å². The number of pyridine rings is 1. The van der Waals surface area contributed by atoms with Gasteiger partial charge in [0.25, 0.3) is 5.56 Å². The third-order valence-corrected chi connectivity index (χ3v) is 2.90. The van der Waals surface area contributed by atoms with Gasteiger partial charge in [-0.05, 0) is 18.6 Å². The van der Waals surface area contributed by atoms with Gasteiger partial charge in [0, 0.05) is 31.4 Å². The smallest absolute Gasteiger partial charge is 0.341 e. The summed E-state index contributed by atoms with van der Waals surface area (Å²) in [5.41, 5.74) is -0.0245. The van der Waals surface area contributed by atoms with Crippen molar-refractivity contribution in [2.45, 2.75) is 39.2 Å². The second-order valence-electron chi connectivity index (χ2n) is 5.49. The Balaban J connectivity index is 3.30. The molecule has 1 aromatic rings. The Morgan fingerprint density at radius 1 is 1.37 bits per heavy atom. The van der Waals surface area contributed by atoms with E-state index in [9.17, 15) is 9.59 Å². The number of rotatable bonds is 5. The lowest BCUT2D eigenvalue weighted by Crippen LogP contribution is -2.33. The lowest BCUT2D eigenvalue weighted by Gasteiger charge is -2.24. The fraction of sp³-hybridized carbons (Fsp3) is 0.571. The maximum Gasteiger partial charge on any atom is 0.341 e. The van der Waals surface area contributed by atoms with E-state index in [0.717, 1.165) is 5.69 Å². The van der Waals surface area contributed by atoms with Crippen LogP contribution in [0.1, 0.15) is 43.2 Å². The molecule has 0 bridgehead atoms. The van der Waals surface area contributed by atoms with Gasteiger partial charge in [0.2, 0.25) is 0 Å². The van der Waals surface area contributed by atoms with E-state index in [4.69, 9.17) is 9.84 Å². The number of carboxylic acid groups (broad SMARTS) is 1. The number of carboxylic acids is 1. The lowest BCUT2D eigenvalue weighted by atomic mass is 9.90. The van der Waals surface area contributed by atoms with Crippen molar-refractivity contribution in [3.63, 3.8) is 0 Å². The predicted octanol–water partition coefficient (Wildman–Crippen LogP) is 1.88. The van der Waals surface area contributed by atoms with E-state index < -0.39 is 11.5 Å². The molecule has 0 unspecified atom stereocenters. The molecule has 106 valence electrons. The Morgan fingerprint density at radius 2 is 2.00 bits per heavy atom. The highest BCUT2D eigenvalue weighted by Crippen LogP contribution is 2.21. The van der Waals surface area contributed by atoms with E-state index >= 15 is 0 Å². The normalized spacial score (nSPS) is 11.6. The molecule has 5 heteroatoms. The lowest BCUT2D eigenvalue weighted by molar-refractivity contribution is 0.0694. The van der Waals surface area contributed by atoms with Crippen LogP contribution in [-0.2, 0) is 16.7 Å². The monoisotopic (exact) mass is 267 g/mol. The second-order valence-corrected chi connectivity index (χ2v) is 5.49. The largest absolute Gasteiger partial charge is 0.477 e. The summed E-state index contributed by atoms with van der Waals surface area (Å²) in [5.74, 6) is -1.19. The van der Waals surface area contributed by atoms with Crippen LogP contribution in [0.4, 0.5) is 0 Å². The van der Waals surface area contributed by atoms with Gasteiger partial charge >= 0.3 is 5.97 Å². The predicted molar refractivity (Wildman–Crippen MR) is 72.9 cm³/mol. The highest BCUT2D eigenvalue weighted by atomic mass is 16.5. The molecule has 1 heterocycles. The van der Waals surface area contributed by atoms with Gasteiger partial charge in [0.05, 0.1) is 0 Å². The maximum atomic E-state index is 12.2. The summed E-state index contributed by atoms with van der Waals surface area (Å²) in [5, 5.41) is 9.02. The standard InChI is InChI=1S/C14H21NO4/c1-14(2,3)11-7-6-10(13(17)18)12(16)15(11)8-5-9-19-4/h6-7H,5,8-9H2,1-4H3,(H,17,18). The number of carbonyl (C=O) groups is 1. The van der Waals surface area contributed by atoms with Crippen LogP contribution >= 0.6 is 0 Å². The molecule has 0 atom stereocenters. The Kier molecular flexibility index (Phi) is 4.89. The Bertz CT molecular complexity index is 511. The van der Waals surface area contributed by atoms with Crippen molar-refractivity contribution in [2.24, 2.45) is 0 Å². The number of methoxy groups -OCH3 is 1. The van der Waals surface area contributed by atoms with Crippen molar-refractivity contribution in [3.05, 3.63) is 33.7 Å². The van der Waals surface area contributed by atoms with Crippen molar-refractivity contribution in [1.82, 2.24) is 4.57 Å². The van der Waals surface area contributed by atoms with Gasteiger partial charge in [0.15, 0.2) is 0 Å². The number of aromatic nitrogens is 1. The first-order valence-corrected chi connectivity index (χ1v) is 6.25. The zero-order valence-electron chi connectivity index (χ0n) is 11.9. The third kappa shape index (κ3) is 3.67. The minimum absolute atomic E-state index is 0.189. The van der Waals surface area contributed by atoms with Gasteiger partial charge in [-0.1, -0.05) is 20.8 Å². The summed E-state index contributed by atoms with van der Waals surface area (Å²) in [4.78, 5) is 23.2. The van der Waals surface area contributed by atoms with E-state index in [2.05, 4.69) is 0 Å². The maximum absolute atomic E-state index is 12.2. The molecule has 0 aliphatic rings. The summed E-state index contributed by atoms with van der Waals surface area (Å²) in [6, 6.07) is 3.11. The molecule has 0 fully saturated rings. The fourth-order valence-corrected chi connectivity index (χ4v) is 1.98. The minimum Gasteiger partial charge on any atom is -0.477 e. The minimum atomic E-state index is -1.19. The molecule has 0 saturated heterocycles. The third-order valence-electron chi connectivity index (χ3n) is 2.90. The number of aromatic carboxylic acids is 1. The molecule has 0 amide bonds. The average molecular weight is 267 g/mol.